The van der Waals surface area contributed by atoms with E-state index in [4.69, 9.17) is 4.74 Å². The van der Waals surface area contributed by atoms with Crippen molar-refractivity contribution < 1.29 is 9.53 Å². The molecule has 1 aromatic heterocycles. The zero-order valence-electron chi connectivity index (χ0n) is 10.4. The molecule has 2 rings (SSSR count). The molecule has 0 aliphatic carbocycles. The number of hydrogen-bond acceptors (Lipinski definition) is 4. The SMILES string of the molecule is CC(C)c1nc(C(=O)OCc2ccccc2)n[nH]1. The summed E-state index contributed by atoms with van der Waals surface area (Å²) in [6.45, 7) is 4.17. The Hall–Kier alpha value is -2.17. The number of rotatable bonds is 4. The Kier molecular flexibility index (Phi) is 3.72. The summed E-state index contributed by atoms with van der Waals surface area (Å²) >= 11 is 0. The molecule has 5 nitrogen and oxygen atoms in total. The molecule has 0 amide bonds. The third-order valence-electron chi connectivity index (χ3n) is 2.44. The molecule has 94 valence electrons. The van der Waals surface area contributed by atoms with Crippen LogP contribution in [0.4, 0.5) is 0 Å². The third kappa shape index (κ3) is 2.94. The van der Waals surface area contributed by atoms with Gasteiger partial charge in [0.25, 0.3) is 5.82 Å². The van der Waals surface area contributed by atoms with Gasteiger partial charge in [0.05, 0.1) is 0 Å². The predicted octanol–water partition coefficient (Wildman–Crippen LogP) is 2.29. The average molecular weight is 245 g/mol. The first kappa shape index (κ1) is 12.3. The highest BCUT2D eigenvalue weighted by atomic mass is 16.5. The summed E-state index contributed by atoms with van der Waals surface area (Å²) in [5.41, 5.74) is 0.936. The van der Waals surface area contributed by atoms with Crippen molar-refractivity contribution >= 4 is 5.97 Å². The molecular weight excluding hydrogens is 230 g/mol. The molecule has 0 aliphatic rings. The summed E-state index contributed by atoms with van der Waals surface area (Å²) in [5, 5.41) is 6.56. The van der Waals surface area contributed by atoms with E-state index < -0.39 is 5.97 Å². The van der Waals surface area contributed by atoms with Crippen LogP contribution in [0.25, 0.3) is 0 Å². The van der Waals surface area contributed by atoms with Crippen LogP contribution >= 0.6 is 0 Å². The van der Waals surface area contributed by atoms with Crippen LogP contribution in [0.3, 0.4) is 0 Å². The first-order valence-electron chi connectivity index (χ1n) is 5.80. The summed E-state index contributed by atoms with van der Waals surface area (Å²) in [7, 11) is 0. The fourth-order valence-electron chi connectivity index (χ4n) is 1.41. The number of hydrogen-bond donors (Lipinski definition) is 1. The maximum absolute atomic E-state index is 11.7. The molecule has 0 fully saturated rings. The number of aromatic nitrogens is 3. The molecule has 18 heavy (non-hydrogen) atoms. The summed E-state index contributed by atoms with van der Waals surface area (Å²) in [4.78, 5) is 15.8. The molecular formula is C13H15N3O2. The monoisotopic (exact) mass is 245 g/mol. The number of aromatic amines is 1. The molecule has 1 heterocycles. The Morgan fingerprint density at radius 2 is 2.06 bits per heavy atom. The molecule has 1 aromatic carbocycles. The van der Waals surface area contributed by atoms with Crippen molar-refractivity contribution in [3.05, 3.63) is 47.5 Å². The van der Waals surface area contributed by atoms with Gasteiger partial charge >= 0.3 is 5.97 Å². The summed E-state index contributed by atoms with van der Waals surface area (Å²) in [6, 6.07) is 9.49. The lowest BCUT2D eigenvalue weighted by atomic mass is 10.2. The van der Waals surface area contributed by atoms with E-state index in [2.05, 4.69) is 15.2 Å². The summed E-state index contributed by atoms with van der Waals surface area (Å²) < 4.78 is 5.12. The van der Waals surface area contributed by atoms with E-state index in [0.717, 1.165) is 5.56 Å². The van der Waals surface area contributed by atoms with Crippen molar-refractivity contribution in [2.24, 2.45) is 0 Å². The van der Waals surface area contributed by atoms with Crippen molar-refractivity contribution in [2.45, 2.75) is 26.4 Å². The van der Waals surface area contributed by atoms with Crippen LogP contribution in [0.15, 0.2) is 30.3 Å². The van der Waals surface area contributed by atoms with Gasteiger partial charge in [0.15, 0.2) is 0 Å². The number of esters is 1. The van der Waals surface area contributed by atoms with E-state index in [1.165, 1.54) is 0 Å². The van der Waals surface area contributed by atoms with E-state index in [1.54, 1.807) is 0 Å². The maximum Gasteiger partial charge on any atom is 0.378 e. The molecule has 5 heteroatoms. The quantitative estimate of drug-likeness (QED) is 0.839. The lowest BCUT2D eigenvalue weighted by Crippen LogP contribution is -2.07. The van der Waals surface area contributed by atoms with Crippen LogP contribution in [0.2, 0.25) is 0 Å². The second-order valence-electron chi connectivity index (χ2n) is 4.26. The molecule has 0 unspecified atom stereocenters. The first-order valence-corrected chi connectivity index (χ1v) is 5.80. The highest BCUT2D eigenvalue weighted by Gasteiger charge is 2.15. The van der Waals surface area contributed by atoms with Gasteiger partial charge in [-0.05, 0) is 5.56 Å². The zero-order valence-corrected chi connectivity index (χ0v) is 10.4. The van der Waals surface area contributed by atoms with Gasteiger partial charge in [-0.2, -0.15) is 0 Å². The maximum atomic E-state index is 11.7. The van der Waals surface area contributed by atoms with Gasteiger partial charge in [-0.3, -0.25) is 5.10 Å². The van der Waals surface area contributed by atoms with E-state index in [0.29, 0.717) is 5.82 Å². The second kappa shape index (κ2) is 5.44. The molecule has 0 saturated heterocycles. The van der Waals surface area contributed by atoms with Crippen molar-refractivity contribution in [2.75, 3.05) is 0 Å². The number of benzene rings is 1. The Morgan fingerprint density at radius 1 is 1.33 bits per heavy atom. The molecule has 0 saturated carbocycles. The minimum absolute atomic E-state index is 0.0784. The lowest BCUT2D eigenvalue weighted by molar-refractivity contribution is 0.0458. The molecule has 1 N–H and O–H groups in total. The highest BCUT2D eigenvalue weighted by Crippen LogP contribution is 2.09. The van der Waals surface area contributed by atoms with Gasteiger partial charge in [0, 0.05) is 5.92 Å². The number of carbonyl (C=O) groups is 1. The van der Waals surface area contributed by atoms with Crippen LogP contribution in [0.1, 0.15) is 41.8 Å². The normalized spacial score (nSPS) is 10.6. The summed E-state index contributed by atoms with van der Waals surface area (Å²) in [5.74, 6) is 0.450. The van der Waals surface area contributed by atoms with Crippen LogP contribution < -0.4 is 0 Å². The lowest BCUT2D eigenvalue weighted by Gasteiger charge is -2.01. The van der Waals surface area contributed by atoms with Gasteiger partial charge in [-0.15, -0.1) is 5.10 Å². The van der Waals surface area contributed by atoms with Gasteiger partial charge in [0.2, 0.25) is 0 Å². The number of nitrogens with one attached hydrogen (secondary N) is 1. The number of nitrogens with zero attached hydrogens (tertiary/aromatic N) is 2. The van der Waals surface area contributed by atoms with Gasteiger partial charge < -0.3 is 4.74 Å². The van der Waals surface area contributed by atoms with Gasteiger partial charge in [-0.25, -0.2) is 9.78 Å². The highest BCUT2D eigenvalue weighted by molar-refractivity contribution is 5.84. The Balaban J connectivity index is 1.95. The topological polar surface area (TPSA) is 67.9 Å². The van der Waals surface area contributed by atoms with E-state index in [-0.39, 0.29) is 18.3 Å². The molecule has 0 aliphatic heterocycles. The molecule has 0 atom stereocenters. The van der Waals surface area contributed by atoms with Crippen molar-refractivity contribution in [3.8, 4) is 0 Å². The van der Waals surface area contributed by atoms with Crippen molar-refractivity contribution in [1.82, 2.24) is 15.2 Å². The molecule has 2 aromatic rings. The van der Waals surface area contributed by atoms with Gasteiger partial charge in [-0.1, -0.05) is 44.2 Å². The Morgan fingerprint density at radius 3 is 2.67 bits per heavy atom. The fraction of sp³-hybridized carbons (Fsp3) is 0.308. The molecule has 0 radical (unpaired) electrons. The van der Waals surface area contributed by atoms with Crippen molar-refractivity contribution in [3.63, 3.8) is 0 Å². The zero-order chi connectivity index (χ0) is 13.0. The van der Waals surface area contributed by atoms with Crippen LogP contribution in [0.5, 0.6) is 0 Å². The van der Waals surface area contributed by atoms with Crippen molar-refractivity contribution in [1.29, 1.82) is 0 Å². The first-order chi connectivity index (χ1) is 8.66. The largest absolute Gasteiger partial charge is 0.455 e. The van der Waals surface area contributed by atoms with Gasteiger partial charge in [0.1, 0.15) is 12.4 Å². The van der Waals surface area contributed by atoms with E-state index in [9.17, 15) is 4.79 Å². The van der Waals surface area contributed by atoms with Crippen LogP contribution in [-0.4, -0.2) is 21.2 Å². The number of ether oxygens (including phenoxy) is 1. The number of carbonyl (C=O) groups excluding carboxylic acids is 1. The minimum Gasteiger partial charge on any atom is -0.455 e. The summed E-state index contributed by atoms with van der Waals surface area (Å²) in [6.07, 6.45) is 0. The van der Waals surface area contributed by atoms with E-state index in [1.807, 2.05) is 44.2 Å². The fourth-order valence-corrected chi connectivity index (χ4v) is 1.41. The predicted molar refractivity (Wildman–Crippen MR) is 66.0 cm³/mol. The Bertz CT molecular complexity index is 520. The second-order valence-corrected chi connectivity index (χ2v) is 4.26. The minimum atomic E-state index is -0.512. The Labute approximate surface area is 105 Å². The molecule has 0 spiro atoms. The third-order valence-corrected chi connectivity index (χ3v) is 2.44. The number of H-pyrrole nitrogens is 1. The molecule has 0 bridgehead atoms. The average Bonchev–Trinajstić information content (AvgIpc) is 2.87. The van der Waals surface area contributed by atoms with E-state index >= 15 is 0 Å². The van der Waals surface area contributed by atoms with Crippen LogP contribution in [-0.2, 0) is 11.3 Å². The smallest absolute Gasteiger partial charge is 0.378 e. The van der Waals surface area contributed by atoms with Crippen LogP contribution in [0, 0.1) is 0 Å². The standard InChI is InChI=1S/C13H15N3O2/c1-9(2)11-14-12(16-15-11)13(17)18-8-10-6-4-3-5-7-10/h3-7,9H,8H2,1-2H3,(H,14,15,16).